The number of aryl methyl sites for hydroxylation is 1. The second-order valence-corrected chi connectivity index (χ2v) is 7.67. The van der Waals surface area contributed by atoms with Crippen molar-refractivity contribution < 1.29 is 14.6 Å². The van der Waals surface area contributed by atoms with Crippen molar-refractivity contribution in [2.45, 2.75) is 26.2 Å². The standard InChI is InChI=1S/C25H27N5O3/c1-18-8-11-21(12-9-18)30-25(27-28-29-30)17-33-23-13-10-19(14-24(23)32-2)15-26-16-22(31)20-6-4-3-5-7-20/h3-14,22,26,31H,15-17H2,1-2H3/t22-/m0/s1. The van der Waals surface area contributed by atoms with Gasteiger partial charge in [-0.1, -0.05) is 54.1 Å². The molecule has 8 heteroatoms. The molecule has 0 amide bonds. The van der Waals surface area contributed by atoms with Crippen LogP contribution in [0.3, 0.4) is 0 Å². The van der Waals surface area contributed by atoms with Gasteiger partial charge in [0.15, 0.2) is 23.9 Å². The van der Waals surface area contributed by atoms with E-state index >= 15 is 0 Å². The summed E-state index contributed by atoms with van der Waals surface area (Å²) in [5.74, 6) is 1.80. The highest BCUT2D eigenvalue weighted by Gasteiger charge is 2.12. The Labute approximate surface area is 192 Å². The summed E-state index contributed by atoms with van der Waals surface area (Å²) in [6.07, 6.45) is -0.560. The minimum Gasteiger partial charge on any atom is -0.493 e. The minimum atomic E-state index is -0.560. The second-order valence-electron chi connectivity index (χ2n) is 7.67. The Morgan fingerprint density at radius 2 is 1.79 bits per heavy atom. The number of aliphatic hydroxyl groups excluding tert-OH is 1. The fourth-order valence-corrected chi connectivity index (χ4v) is 3.41. The summed E-state index contributed by atoms with van der Waals surface area (Å²) < 4.78 is 13.1. The lowest BCUT2D eigenvalue weighted by atomic mass is 10.1. The summed E-state index contributed by atoms with van der Waals surface area (Å²) in [5, 5.41) is 25.5. The Morgan fingerprint density at radius 3 is 2.55 bits per heavy atom. The van der Waals surface area contributed by atoms with Gasteiger partial charge in [0.05, 0.1) is 18.9 Å². The predicted octanol–water partition coefficient (Wildman–Crippen LogP) is 3.38. The Kier molecular flexibility index (Phi) is 7.29. The SMILES string of the molecule is COc1cc(CNC[C@H](O)c2ccccc2)ccc1OCc1nnnn1-c1ccc(C)cc1. The number of hydrogen-bond donors (Lipinski definition) is 2. The van der Waals surface area contributed by atoms with Gasteiger partial charge in [-0.15, -0.1) is 5.10 Å². The molecule has 1 heterocycles. The molecule has 0 aliphatic rings. The number of tetrazole rings is 1. The summed E-state index contributed by atoms with van der Waals surface area (Å²) >= 11 is 0. The van der Waals surface area contributed by atoms with Crippen LogP contribution in [0.1, 0.15) is 28.6 Å². The zero-order valence-corrected chi connectivity index (χ0v) is 18.7. The Hall–Kier alpha value is -3.75. The molecule has 8 nitrogen and oxygen atoms in total. The van der Waals surface area contributed by atoms with Crippen molar-refractivity contribution in [3.8, 4) is 17.2 Å². The van der Waals surface area contributed by atoms with Gasteiger partial charge in [0, 0.05) is 13.1 Å². The number of aromatic nitrogens is 4. The molecule has 2 N–H and O–H groups in total. The van der Waals surface area contributed by atoms with E-state index in [-0.39, 0.29) is 6.61 Å². The molecule has 0 aliphatic heterocycles. The third-order valence-corrected chi connectivity index (χ3v) is 5.25. The average molecular weight is 446 g/mol. The zero-order chi connectivity index (χ0) is 23.0. The molecule has 33 heavy (non-hydrogen) atoms. The van der Waals surface area contributed by atoms with E-state index in [0.29, 0.717) is 30.4 Å². The average Bonchev–Trinajstić information content (AvgIpc) is 3.32. The molecule has 170 valence electrons. The van der Waals surface area contributed by atoms with Crippen LogP contribution in [0.25, 0.3) is 5.69 Å². The number of ether oxygens (including phenoxy) is 2. The minimum absolute atomic E-state index is 0.193. The van der Waals surface area contributed by atoms with Crippen LogP contribution in [0.2, 0.25) is 0 Å². The molecule has 0 saturated heterocycles. The molecule has 0 radical (unpaired) electrons. The van der Waals surface area contributed by atoms with Gasteiger partial charge >= 0.3 is 0 Å². The van der Waals surface area contributed by atoms with Gasteiger partial charge in [-0.05, 0) is 52.7 Å². The number of benzene rings is 3. The number of aliphatic hydroxyl groups is 1. The fraction of sp³-hybridized carbons (Fsp3) is 0.240. The van der Waals surface area contributed by atoms with E-state index in [2.05, 4.69) is 20.8 Å². The van der Waals surface area contributed by atoms with E-state index < -0.39 is 6.10 Å². The normalized spacial score (nSPS) is 11.8. The van der Waals surface area contributed by atoms with Gasteiger partial charge in [0.2, 0.25) is 0 Å². The maximum atomic E-state index is 10.3. The highest BCUT2D eigenvalue weighted by molar-refractivity contribution is 5.43. The third-order valence-electron chi connectivity index (χ3n) is 5.25. The molecular formula is C25H27N5O3. The van der Waals surface area contributed by atoms with Gasteiger partial charge in [0.1, 0.15) is 0 Å². The molecule has 0 spiro atoms. The van der Waals surface area contributed by atoms with Crippen molar-refractivity contribution in [3.63, 3.8) is 0 Å². The maximum Gasteiger partial charge on any atom is 0.194 e. The van der Waals surface area contributed by atoms with Crippen molar-refractivity contribution >= 4 is 0 Å². The molecule has 0 bridgehead atoms. The lowest BCUT2D eigenvalue weighted by Gasteiger charge is -2.14. The van der Waals surface area contributed by atoms with Crippen LogP contribution in [-0.4, -0.2) is 39.0 Å². The van der Waals surface area contributed by atoms with Crippen LogP contribution < -0.4 is 14.8 Å². The third kappa shape index (κ3) is 5.74. The van der Waals surface area contributed by atoms with Gasteiger partial charge in [0.25, 0.3) is 0 Å². The van der Waals surface area contributed by atoms with E-state index in [4.69, 9.17) is 9.47 Å². The van der Waals surface area contributed by atoms with Crippen molar-refractivity contribution in [2.75, 3.05) is 13.7 Å². The van der Waals surface area contributed by atoms with Gasteiger partial charge < -0.3 is 19.9 Å². The molecule has 1 atom stereocenters. The van der Waals surface area contributed by atoms with Crippen molar-refractivity contribution in [1.82, 2.24) is 25.5 Å². The molecule has 0 fully saturated rings. The van der Waals surface area contributed by atoms with Crippen LogP contribution in [0, 0.1) is 6.92 Å². The smallest absolute Gasteiger partial charge is 0.194 e. The van der Waals surface area contributed by atoms with Gasteiger partial charge in [-0.2, -0.15) is 4.68 Å². The van der Waals surface area contributed by atoms with Crippen LogP contribution in [-0.2, 0) is 13.2 Å². The number of methoxy groups -OCH3 is 1. The summed E-state index contributed by atoms with van der Waals surface area (Å²) in [6, 6.07) is 23.3. The van der Waals surface area contributed by atoms with Crippen LogP contribution in [0.5, 0.6) is 11.5 Å². The first kappa shape index (κ1) is 22.4. The molecule has 4 aromatic rings. The second kappa shape index (κ2) is 10.7. The number of nitrogens with zero attached hydrogens (tertiary/aromatic N) is 4. The highest BCUT2D eigenvalue weighted by atomic mass is 16.5. The zero-order valence-electron chi connectivity index (χ0n) is 18.7. The van der Waals surface area contributed by atoms with E-state index in [9.17, 15) is 5.11 Å². The molecule has 0 saturated carbocycles. The summed E-state index contributed by atoms with van der Waals surface area (Å²) in [6.45, 7) is 3.26. The van der Waals surface area contributed by atoms with Crippen molar-refractivity contribution in [1.29, 1.82) is 0 Å². The Bertz CT molecular complexity index is 1160. The van der Waals surface area contributed by atoms with E-state index in [0.717, 1.165) is 16.8 Å². The molecular weight excluding hydrogens is 418 g/mol. The monoisotopic (exact) mass is 445 g/mol. The first-order valence-corrected chi connectivity index (χ1v) is 10.7. The summed E-state index contributed by atoms with van der Waals surface area (Å²) in [7, 11) is 1.61. The van der Waals surface area contributed by atoms with Crippen molar-refractivity contribution in [2.24, 2.45) is 0 Å². The maximum absolute atomic E-state index is 10.3. The van der Waals surface area contributed by atoms with E-state index in [1.807, 2.05) is 79.7 Å². The number of nitrogens with one attached hydrogen (secondary N) is 1. The predicted molar refractivity (Wildman–Crippen MR) is 124 cm³/mol. The van der Waals surface area contributed by atoms with Gasteiger partial charge in [-0.25, -0.2) is 0 Å². The first-order chi connectivity index (χ1) is 16.1. The van der Waals surface area contributed by atoms with E-state index in [1.54, 1.807) is 11.8 Å². The van der Waals surface area contributed by atoms with E-state index in [1.165, 1.54) is 5.56 Å². The Morgan fingerprint density at radius 1 is 1.00 bits per heavy atom. The fourth-order valence-electron chi connectivity index (χ4n) is 3.41. The van der Waals surface area contributed by atoms with Crippen molar-refractivity contribution in [3.05, 3.63) is 95.3 Å². The molecule has 0 unspecified atom stereocenters. The topological polar surface area (TPSA) is 94.3 Å². The lowest BCUT2D eigenvalue weighted by molar-refractivity contribution is 0.174. The first-order valence-electron chi connectivity index (χ1n) is 10.7. The summed E-state index contributed by atoms with van der Waals surface area (Å²) in [5.41, 5.74) is 3.94. The largest absolute Gasteiger partial charge is 0.493 e. The summed E-state index contributed by atoms with van der Waals surface area (Å²) in [4.78, 5) is 0. The Balaban J connectivity index is 1.36. The molecule has 4 rings (SSSR count). The molecule has 3 aromatic carbocycles. The number of hydrogen-bond acceptors (Lipinski definition) is 7. The molecule has 1 aromatic heterocycles. The van der Waals surface area contributed by atoms with Gasteiger partial charge in [-0.3, -0.25) is 0 Å². The van der Waals surface area contributed by atoms with Crippen LogP contribution >= 0.6 is 0 Å². The van der Waals surface area contributed by atoms with Crippen LogP contribution in [0.4, 0.5) is 0 Å². The highest BCUT2D eigenvalue weighted by Crippen LogP contribution is 2.29. The lowest BCUT2D eigenvalue weighted by Crippen LogP contribution is -2.21. The quantitative estimate of drug-likeness (QED) is 0.386. The van der Waals surface area contributed by atoms with Crippen LogP contribution in [0.15, 0.2) is 72.8 Å². The number of rotatable bonds is 10. The molecule has 0 aliphatic carbocycles.